The third kappa shape index (κ3) is 3.73. The summed E-state index contributed by atoms with van der Waals surface area (Å²) >= 11 is 1.66. The molecule has 1 saturated carbocycles. The Morgan fingerprint density at radius 1 is 1.21 bits per heavy atom. The van der Waals surface area contributed by atoms with Gasteiger partial charge in [0.15, 0.2) is 0 Å². The first-order chi connectivity index (χ1) is 14.2. The monoisotopic (exact) mass is 410 g/mol. The maximum absolute atomic E-state index is 11.1. The van der Waals surface area contributed by atoms with Crippen LogP contribution in [0.15, 0.2) is 36.0 Å². The summed E-state index contributed by atoms with van der Waals surface area (Å²) in [6, 6.07) is 6.02. The van der Waals surface area contributed by atoms with Gasteiger partial charge in [0, 0.05) is 43.9 Å². The molecule has 8 heteroatoms. The molecule has 29 heavy (non-hydrogen) atoms. The van der Waals surface area contributed by atoms with Crippen molar-refractivity contribution in [3.8, 4) is 16.5 Å². The van der Waals surface area contributed by atoms with Crippen LogP contribution in [0, 0.1) is 0 Å². The summed E-state index contributed by atoms with van der Waals surface area (Å²) in [5.41, 5.74) is 2.88. The third-order valence-corrected chi connectivity index (χ3v) is 6.78. The molecule has 5 rings (SSSR count). The van der Waals surface area contributed by atoms with Gasteiger partial charge in [-0.2, -0.15) is 5.10 Å². The Balaban J connectivity index is 1.46. The van der Waals surface area contributed by atoms with Crippen molar-refractivity contribution in [2.75, 3.05) is 32.7 Å². The van der Waals surface area contributed by atoms with Crippen molar-refractivity contribution in [3.05, 3.63) is 47.2 Å². The standard InChI is InChI=1S/C21H26N6OS/c1-2-25-9-11-26(12-10-25)20(28)16-14-23-27(19(16)15-5-6-15)21-22-8-7-17(24-21)18-4-3-13-29-18/h3-4,7-8,13-15,20,28H,2,5-6,9-12H2,1H3. The Labute approximate surface area is 174 Å². The molecule has 1 saturated heterocycles. The first-order valence-electron chi connectivity index (χ1n) is 10.3. The number of hydrogen-bond acceptors (Lipinski definition) is 7. The van der Waals surface area contributed by atoms with E-state index in [0.29, 0.717) is 11.9 Å². The highest BCUT2D eigenvalue weighted by Gasteiger charge is 2.35. The van der Waals surface area contributed by atoms with Crippen LogP contribution in [0.2, 0.25) is 0 Å². The molecule has 1 N–H and O–H groups in total. The van der Waals surface area contributed by atoms with E-state index in [1.807, 2.05) is 28.4 Å². The Morgan fingerprint density at radius 3 is 2.72 bits per heavy atom. The summed E-state index contributed by atoms with van der Waals surface area (Å²) in [5.74, 6) is 1.00. The molecule has 0 bridgehead atoms. The lowest BCUT2D eigenvalue weighted by Crippen LogP contribution is -2.47. The van der Waals surface area contributed by atoms with Gasteiger partial charge in [-0.3, -0.25) is 4.90 Å². The molecule has 1 unspecified atom stereocenters. The number of piperazine rings is 1. The van der Waals surface area contributed by atoms with Gasteiger partial charge in [0.2, 0.25) is 0 Å². The van der Waals surface area contributed by atoms with Gasteiger partial charge in [-0.05, 0) is 36.9 Å². The van der Waals surface area contributed by atoms with Crippen molar-refractivity contribution in [2.45, 2.75) is 31.9 Å². The van der Waals surface area contributed by atoms with Crippen LogP contribution in [0.3, 0.4) is 0 Å². The van der Waals surface area contributed by atoms with Gasteiger partial charge < -0.3 is 10.0 Å². The van der Waals surface area contributed by atoms with E-state index < -0.39 is 6.23 Å². The number of thiophene rings is 1. The van der Waals surface area contributed by atoms with Crippen molar-refractivity contribution in [1.29, 1.82) is 0 Å². The minimum atomic E-state index is -0.626. The molecular weight excluding hydrogens is 384 g/mol. The first kappa shape index (κ1) is 18.9. The third-order valence-electron chi connectivity index (χ3n) is 5.88. The summed E-state index contributed by atoms with van der Waals surface area (Å²) in [6.45, 7) is 6.97. The van der Waals surface area contributed by atoms with E-state index in [4.69, 9.17) is 4.98 Å². The highest BCUT2D eigenvalue weighted by molar-refractivity contribution is 7.13. The van der Waals surface area contributed by atoms with E-state index in [2.05, 4.69) is 32.9 Å². The number of aliphatic hydroxyl groups is 1. The fourth-order valence-electron chi connectivity index (χ4n) is 4.03. The van der Waals surface area contributed by atoms with Crippen molar-refractivity contribution in [3.63, 3.8) is 0 Å². The Morgan fingerprint density at radius 2 is 2.03 bits per heavy atom. The predicted molar refractivity (Wildman–Crippen MR) is 113 cm³/mol. The van der Waals surface area contributed by atoms with Gasteiger partial charge in [0.05, 0.1) is 22.5 Å². The molecule has 1 aliphatic carbocycles. The number of likely N-dealkylation sites (N-methyl/N-ethyl adjacent to an activating group) is 1. The summed E-state index contributed by atoms with van der Waals surface area (Å²) < 4.78 is 1.84. The number of aliphatic hydroxyl groups excluding tert-OH is 1. The molecule has 0 amide bonds. The lowest BCUT2D eigenvalue weighted by Gasteiger charge is -2.36. The number of aromatic nitrogens is 4. The van der Waals surface area contributed by atoms with Crippen LogP contribution in [0.1, 0.15) is 43.2 Å². The highest BCUT2D eigenvalue weighted by Crippen LogP contribution is 2.44. The van der Waals surface area contributed by atoms with Crippen LogP contribution in [-0.2, 0) is 0 Å². The van der Waals surface area contributed by atoms with E-state index in [1.165, 1.54) is 0 Å². The maximum atomic E-state index is 11.1. The van der Waals surface area contributed by atoms with Gasteiger partial charge in [0.1, 0.15) is 6.23 Å². The summed E-state index contributed by atoms with van der Waals surface area (Å²) in [5, 5.41) is 17.8. The lowest BCUT2D eigenvalue weighted by atomic mass is 10.1. The number of hydrogen-bond donors (Lipinski definition) is 1. The lowest BCUT2D eigenvalue weighted by molar-refractivity contribution is -0.0269. The van der Waals surface area contributed by atoms with Crippen molar-refractivity contribution >= 4 is 11.3 Å². The number of rotatable bonds is 6. The van der Waals surface area contributed by atoms with E-state index in [9.17, 15) is 5.11 Å². The van der Waals surface area contributed by atoms with Crippen LogP contribution in [-0.4, -0.2) is 67.4 Å². The molecule has 3 aromatic heterocycles. The Kier molecular flexibility index (Phi) is 5.17. The first-order valence-corrected chi connectivity index (χ1v) is 11.2. The van der Waals surface area contributed by atoms with Crippen LogP contribution >= 0.6 is 11.3 Å². The minimum Gasteiger partial charge on any atom is -0.374 e. The van der Waals surface area contributed by atoms with Gasteiger partial charge >= 0.3 is 0 Å². The fourth-order valence-corrected chi connectivity index (χ4v) is 4.72. The topological polar surface area (TPSA) is 70.3 Å². The van der Waals surface area contributed by atoms with E-state index in [1.54, 1.807) is 17.5 Å². The Hall–Kier alpha value is -2.13. The quantitative estimate of drug-likeness (QED) is 0.674. The maximum Gasteiger partial charge on any atom is 0.251 e. The molecule has 4 heterocycles. The second kappa shape index (κ2) is 7.95. The second-order valence-electron chi connectivity index (χ2n) is 7.73. The SMILES string of the molecule is CCN1CCN(C(O)c2cnn(-c3nccc(-c4cccs4)n3)c2C2CC2)CC1. The fraction of sp³-hybridized carbons (Fsp3) is 0.476. The largest absolute Gasteiger partial charge is 0.374 e. The second-order valence-corrected chi connectivity index (χ2v) is 8.68. The summed E-state index contributed by atoms with van der Waals surface area (Å²) in [6.07, 6.45) is 5.22. The van der Waals surface area contributed by atoms with Crippen molar-refractivity contribution < 1.29 is 5.11 Å². The van der Waals surface area contributed by atoms with Gasteiger partial charge in [0.25, 0.3) is 5.95 Å². The van der Waals surface area contributed by atoms with Crippen LogP contribution < -0.4 is 0 Å². The zero-order valence-electron chi connectivity index (χ0n) is 16.6. The highest BCUT2D eigenvalue weighted by atomic mass is 32.1. The van der Waals surface area contributed by atoms with Crippen LogP contribution in [0.5, 0.6) is 0 Å². The van der Waals surface area contributed by atoms with Gasteiger partial charge in [-0.25, -0.2) is 14.6 Å². The molecule has 152 valence electrons. The molecule has 2 aliphatic rings. The molecular formula is C21H26N6OS. The smallest absolute Gasteiger partial charge is 0.251 e. The van der Waals surface area contributed by atoms with E-state index >= 15 is 0 Å². The van der Waals surface area contributed by atoms with E-state index in [0.717, 1.165) is 67.4 Å². The molecule has 0 aromatic carbocycles. The molecule has 1 aliphatic heterocycles. The molecule has 1 atom stereocenters. The summed E-state index contributed by atoms with van der Waals surface area (Å²) in [7, 11) is 0. The van der Waals surface area contributed by atoms with Crippen molar-refractivity contribution in [1.82, 2.24) is 29.5 Å². The van der Waals surface area contributed by atoms with E-state index in [-0.39, 0.29) is 0 Å². The molecule has 0 spiro atoms. The molecule has 2 fully saturated rings. The average molecular weight is 411 g/mol. The predicted octanol–water partition coefficient (Wildman–Crippen LogP) is 2.90. The molecule has 3 aromatic rings. The van der Waals surface area contributed by atoms with Crippen molar-refractivity contribution in [2.24, 2.45) is 0 Å². The number of nitrogens with zero attached hydrogens (tertiary/aromatic N) is 6. The normalized spacial score (nSPS) is 19.5. The molecule has 7 nitrogen and oxygen atoms in total. The summed E-state index contributed by atoms with van der Waals surface area (Å²) in [4.78, 5) is 14.9. The van der Waals surface area contributed by atoms with Crippen LogP contribution in [0.4, 0.5) is 0 Å². The zero-order valence-corrected chi connectivity index (χ0v) is 17.4. The van der Waals surface area contributed by atoms with Gasteiger partial charge in [-0.15, -0.1) is 11.3 Å². The zero-order chi connectivity index (χ0) is 19.8. The average Bonchev–Trinajstić information content (AvgIpc) is 3.28. The Bertz CT molecular complexity index is 959. The minimum absolute atomic E-state index is 0.424. The van der Waals surface area contributed by atoms with Crippen LogP contribution in [0.25, 0.3) is 16.5 Å². The molecule has 0 radical (unpaired) electrons. The van der Waals surface area contributed by atoms with Gasteiger partial charge in [-0.1, -0.05) is 13.0 Å².